The topological polar surface area (TPSA) is 50.9 Å². The van der Waals surface area contributed by atoms with Crippen LogP contribution in [-0.4, -0.2) is 26.7 Å². The molecule has 4 nitrogen and oxygen atoms in total. The Labute approximate surface area is 130 Å². The number of aryl methyl sites for hydroxylation is 2. The Morgan fingerprint density at radius 1 is 1.05 bits per heavy atom. The third-order valence-corrected chi connectivity index (χ3v) is 4.14. The number of fused-ring (bicyclic) bond motifs is 1. The molecule has 1 unspecified atom stereocenters. The van der Waals surface area contributed by atoms with Crippen LogP contribution in [0.5, 0.6) is 0 Å². The summed E-state index contributed by atoms with van der Waals surface area (Å²) in [6.45, 7) is 4.11. The van der Waals surface area contributed by atoms with E-state index < -0.39 is 5.54 Å². The summed E-state index contributed by atoms with van der Waals surface area (Å²) in [5.41, 5.74) is 3.75. The average molecular weight is 295 g/mol. The number of aliphatic hydroxyl groups is 1. The van der Waals surface area contributed by atoms with Crippen molar-refractivity contribution in [2.45, 2.75) is 32.2 Å². The van der Waals surface area contributed by atoms with Crippen LogP contribution >= 0.6 is 0 Å². The standard InChI is InChI=1S/C18H21N3O/c1-14-6-5-7-15(12-14)10-11-18(2,13-22)21-19-16-8-3-4-9-17(16)20-21/h3-9,12,22H,10-11,13H2,1-2H3. The van der Waals surface area contributed by atoms with E-state index in [0.29, 0.717) is 0 Å². The van der Waals surface area contributed by atoms with Gasteiger partial charge in [-0.1, -0.05) is 42.0 Å². The highest BCUT2D eigenvalue weighted by molar-refractivity contribution is 5.73. The molecule has 0 radical (unpaired) electrons. The third kappa shape index (κ3) is 2.88. The molecular weight excluding hydrogens is 274 g/mol. The van der Waals surface area contributed by atoms with Crippen LogP contribution in [0.4, 0.5) is 0 Å². The van der Waals surface area contributed by atoms with Crippen molar-refractivity contribution in [1.82, 2.24) is 15.0 Å². The molecule has 1 heterocycles. The van der Waals surface area contributed by atoms with Crippen molar-refractivity contribution < 1.29 is 5.11 Å². The predicted octanol–water partition coefficient (Wildman–Crippen LogP) is 3.08. The number of nitrogens with zero attached hydrogens (tertiary/aromatic N) is 3. The second-order valence-electron chi connectivity index (χ2n) is 6.12. The Balaban J connectivity index is 1.84. The van der Waals surface area contributed by atoms with Crippen LogP contribution in [0, 0.1) is 6.92 Å². The molecule has 0 saturated heterocycles. The van der Waals surface area contributed by atoms with Gasteiger partial charge in [0, 0.05) is 0 Å². The first-order valence-corrected chi connectivity index (χ1v) is 7.60. The van der Waals surface area contributed by atoms with E-state index in [9.17, 15) is 5.11 Å². The van der Waals surface area contributed by atoms with Gasteiger partial charge in [-0.15, -0.1) is 0 Å². The molecule has 22 heavy (non-hydrogen) atoms. The minimum atomic E-state index is -0.497. The predicted molar refractivity (Wildman–Crippen MR) is 87.8 cm³/mol. The maximum Gasteiger partial charge on any atom is 0.113 e. The van der Waals surface area contributed by atoms with Gasteiger partial charge in [0.1, 0.15) is 16.6 Å². The van der Waals surface area contributed by atoms with E-state index >= 15 is 0 Å². The lowest BCUT2D eigenvalue weighted by Gasteiger charge is -2.26. The van der Waals surface area contributed by atoms with Crippen LogP contribution < -0.4 is 0 Å². The lowest BCUT2D eigenvalue weighted by Crippen LogP contribution is -2.36. The summed E-state index contributed by atoms with van der Waals surface area (Å²) in [4.78, 5) is 1.67. The number of hydrogen-bond acceptors (Lipinski definition) is 3. The van der Waals surface area contributed by atoms with E-state index in [2.05, 4.69) is 41.4 Å². The molecule has 114 valence electrons. The van der Waals surface area contributed by atoms with Gasteiger partial charge in [-0.05, 0) is 44.4 Å². The van der Waals surface area contributed by atoms with Crippen LogP contribution in [0.25, 0.3) is 11.0 Å². The van der Waals surface area contributed by atoms with E-state index in [1.54, 1.807) is 4.80 Å². The summed E-state index contributed by atoms with van der Waals surface area (Å²) in [7, 11) is 0. The molecule has 0 aliphatic heterocycles. The third-order valence-electron chi connectivity index (χ3n) is 4.14. The van der Waals surface area contributed by atoms with E-state index in [0.717, 1.165) is 23.9 Å². The van der Waals surface area contributed by atoms with Crippen molar-refractivity contribution in [1.29, 1.82) is 0 Å². The molecule has 2 aromatic carbocycles. The highest BCUT2D eigenvalue weighted by Crippen LogP contribution is 2.23. The molecule has 1 atom stereocenters. The fourth-order valence-corrected chi connectivity index (χ4v) is 2.62. The van der Waals surface area contributed by atoms with E-state index in [-0.39, 0.29) is 6.61 Å². The highest BCUT2D eigenvalue weighted by Gasteiger charge is 2.28. The minimum absolute atomic E-state index is 0.0137. The summed E-state index contributed by atoms with van der Waals surface area (Å²) < 4.78 is 0. The largest absolute Gasteiger partial charge is 0.394 e. The Hall–Kier alpha value is -2.20. The first-order chi connectivity index (χ1) is 10.6. The van der Waals surface area contributed by atoms with E-state index in [4.69, 9.17) is 0 Å². The summed E-state index contributed by atoms with van der Waals surface area (Å²) in [5, 5.41) is 19.0. The first kappa shape index (κ1) is 14.7. The Morgan fingerprint density at radius 3 is 2.32 bits per heavy atom. The van der Waals surface area contributed by atoms with Gasteiger partial charge in [-0.3, -0.25) is 0 Å². The molecule has 3 aromatic rings. The maximum absolute atomic E-state index is 9.90. The number of hydrogen-bond donors (Lipinski definition) is 1. The van der Waals surface area contributed by atoms with Crippen molar-refractivity contribution in [2.24, 2.45) is 0 Å². The van der Waals surface area contributed by atoms with Gasteiger partial charge in [-0.25, -0.2) is 0 Å². The van der Waals surface area contributed by atoms with Crippen molar-refractivity contribution in [3.8, 4) is 0 Å². The van der Waals surface area contributed by atoms with Crippen LogP contribution in [0.3, 0.4) is 0 Å². The zero-order valence-electron chi connectivity index (χ0n) is 13.0. The summed E-state index contributed by atoms with van der Waals surface area (Å²) in [6, 6.07) is 16.3. The monoisotopic (exact) mass is 295 g/mol. The molecule has 3 rings (SSSR count). The van der Waals surface area contributed by atoms with Crippen molar-refractivity contribution in [3.63, 3.8) is 0 Å². The summed E-state index contributed by atoms with van der Waals surface area (Å²) in [6.07, 6.45) is 1.67. The van der Waals surface area contributed by atoms with Crippen molar-refractivity contribution in [3.05, 3.63) is 59.7 Å². The smallest absolute Gasteiger partial charge is 0.113 e. The first-order valence-electron chi connectivity index (χ1n) is 7.60. The molecule has 0 spiro atoms. The Bertz CT molecular complexity index is 748. The molecule has 0 aliphatic rings. The summed E-state index contributed by atoms with van der Waals surface area (Å²) in [5.74, 6) is 0. The molecule has 0 bridgehead atoms. The average Bonchev–Trinajstić information content (AvgIpc) is 2.97. The fourth-order valence-electron chi connectivity index (χ4n) is 2.62. The van der Waals surface area contributed by atoms with Gasteiger partial charge in [0.05, 0.1) is 6.61 Å². The molecular formula is C18H21N3O. The van der Waals surface area contributed by atoms with Gasteiger partial charge in [0.15, 0.2) is 0 Å². The van der Waals surface area contributed by atoms with Crippen LogP contribution in [-0.2, 0) is 12.0 Å². The molecule has 0 fully saturated rings. The van der Waals surface area contributed by atoms with Crippen LogP contribution in [0.1, 0.15) is 24.5 Å². The van der Waals surface area contributed by atoms with Crippen molar-refractivity contribution in [2.75, 3.05) is 6.61 Å². The summed E-state index contributed by atoms with van der Waals surface area (Å²) >= 11 is 0. The zero-order valence-corrected chi connectivity index (χ0v) is 13.0. The Morgan fingerprint density at radius 2 is 1.73 bits per heavy atom. The molecule has 1 aromatic heterocycles. The zero-order chi connectivity index (χ0) is 15.6. The lowest BCUT2D eigenvalue weighted by atomic mass is 9.94. The van der Waals surface area contributed by atoms with Gasteiger partial charge >= 0.3 is 0 Å². The van der Waals surface area contributed by atoms with Gasteiger partial charge in [-0.2, -0.15) is 15.0 Å². The van der Waals surface area contributed by atoms with Crippen LogP contribution in [0.15, 0.2) is 48.5 Å². The molecule has 0 amide bonds. The van der Waals surface area contributed by atoms with Crippen LogP contribution in [0.2, 0.25) is 0 Å². The number of aliphatic hydroxyl groups excluding tert-OH is 1. The van der Waals surface area contributed by atoms with E-state index in [1.165, 1.54) is 11.1 Å². The van der Waals surface area contributed by atoms with Gasteiger partial charge < -0.3 is 5.11 Å². The number of aromatic nitrogens is 3. The van der Waals surface area contributed by atoms with Crippen molar-refractivity contribution >= 4 is 11.0 Å². The second-order valence-corrected chi connectivity index (χ2v) is 6.12. The molecule has 0 aliphatic carbocycles. The molecule has 1 N–H and O–H groups in total. The van der Waals surface area contributed by atoms with Gasteiger partial charge in [0.25, 0.3) is 0 Å². The number of rotatable bonds is 5. The highest BCUT2D eigenvalue weighted by atomic mass is 16.3. The van der Waals surface area contributed by atoms with E-state index in [1.807, 2.05) is 31.2 Å². The maximum atomic E-state index is 9.90. The molecule has 0 saturated carbocycles. The minimum Gasteiger partial charge on any atom is -0.394 e. The molecule has 4 heteroatoms. The Kier molecular flexibility index (Phi) is 3.94. The quantitative estimate of drug-likeness (QED) is 0.787. The SMILES string of the molecule is Cc1cccc(CCC(C)(CO)n2nc3ccccc3n2)c1. The number of benzene rings is 2. The fraction of sp³-hybridized carbons (Fsp3) is 0.333. The normalized spacial score (nSPS) is 14.1. The van der Waals surface area contributed by atoms with Gasteiger partial charge in [0.2, 0.25) is 0 Å². The second kappa shape index (κ2) is 5.89. The lowest BCUT2D eigenvalue weighted by molar-refractivity contribution is 0.113.